The maximum Gasteiger partial charge on any atom is 0.253 e. The van der Waals surface area contributed by atoms with Crippen molar-refractivity contribution in [3.63, 3.8) is 0 Å². The third-order valence-corrected chi connectivity index (χ3v) is 7.00. The number of thiazole rings is 1. The van der Waals surface area contributed by atoms with E-state index in [0.717, 1.165) is 30.3 Å². The zero-order chi connectivity index (χ0) is 20.1. The summed E-state index contributed by atoms with van der Waals surface area (Å²) >= 11 is 3.43. The van der Waals surface area contributed by atoms with Gasteiger partial charge in [-0.3, -0.25) is 9.78 Å². The van der Waals surface area contributed by atoms with Crippen molar-refractivity contribution in [3.8, 4) is 0 Å². The van der Waals surface area contributed by atoms with Crippen LogP contribution < -0.4 is 11.1 Å². The Bertz CT molecular complexity index is 945. The number of carbonyl (C=O) groups is 1. The van der Waals surface area contributed by atoms with Crippen molar-refractivity contribution in [2.75, 3.05) is 24.1 Å². The number of pyridine rings is 1. The van der Waals surface area contributed by atoms with Gasteiger partial charge < -0.3 is 16.0 Å². The number of benzene rings is 1. The number of hydrogen-bond donors (Lipinski definition) is 2. The second-order valence-corrected chi connectivity index (χ2v) is 9.29. The molecule has 1 atom stereocenters. The molecule has 0 aliphatic carbocycles. The van der Waals surface area contributed by atoms with Crippen LogP contribution in [0.5, 0.6) is 0 Å². The van der Waals surface area contributed by atoms with E-state index in [1.54, 1.807) is 47.4 Å². The van der Waals surface area contributed by atoms with Crippen LogP contribution in [0.3, 0.4) is 0 Å². The largest absolute Gasteiger partial charge is 0.399 e. The summed E-state index contributed by atoms with van der Waals surface area (Å²) in [5, 5.41) is 4.43. The van der Waals surface area contributed by atoms with Crippen LogP contribution in [0, 0.1) is 0 Å². The average molecular weight is 426 g/mol. The highest BCUT2D eigenvalue weighted by Crippen LogP contribution is 2.31. The Morgan fingerprint density at radius 1 is 1.24 bits per heavy atom. The lowest BCUT2D eigenvalue weighted by Crippen LogP contribution is -2.45. The van der Waals surface area contributed by atoms with E-state index in [2.05, 4.69) is 15.3 Å². The van der Waals surface area contributed by atoms with E-state index < -0.39 is 0 Å². The SMILES string of the molecule is Nc1ccc(C(=O)N2CCC[C@@H](Nc3ncc(SCc4ccncc4)s3)C2)cc1. The van der Waals surface area contributed by atoms with Crippen LogP contribution in [-0.4, -0.2) is 39.9 Å². The number of likely N-dealkylation sites (tertiary alicyclic amines) is 1. The van der Waals surface area contributed by atoms with E-state index in [1.807, 2.05) is 35.6 Å². The molecule has 0 saturated carbocycles. The van der Waals surface area contributed by atoms with Gasteiger partial charge in [0, 0.05) is 48.5 Å². The van der Waals surface area contributed by atoms with Crippen LogP contribution >= 0.6 is 23.1 Å². The molecule has 1 aliphatic rings. The molecule has 1 fully saturated rings. The molecule has 3 aromatic rings. The minimum atomic E-state index is 0.0595. The minimum absolute atomic E-state index is 0.0595. The first-order valence-electron chi connectivity index (χ1n) is 9.56. The fourth-order valence-electron chi connectivity index (χ4n) is 3.29. The molecular weight excluding hydrogens is 402 g/mol. The van der Waals surface area contributed by atoms with Gasteiger partial charge in [0.1, 0.15) is 0 Å². The van der Waals surface area contributed by atoms with E-state index in [9.17, 15) is 4.79 Å². The summed E-state index contributed by atoms with van der Waals surface area (Å²) in [6, 6.07) is 11.4. The monoisotopic (exact) mass is 425 g/mol. The van der Waals surface area contributed by atoms with Crippen molar-refractivity contribution in [2.45, 2.75) is 28.8 Å². The van der Waals surface area contributed by atoms with E-state index in [4.69, 9.17) is 5.73 Å². The molecule has 1 saturated heterocycles. The lowest BCUT2D eigenvalue weighted by molar-refractivity contribution is 0.0715. The Morgan fingerprint density at radius 3 is 2.83 bits per heavy atom. The number of piperidine rings is 1. The third kappa shape index (κ3) is 5.27. The summed E-state index contributed by atoms with van der Waals surface area (Å²) in [5.74, 6) is 0.960. The average Bonchev–Trinajstić information content (AvgIpc) is 3.20. The summed E-state index contributed by atoms with van der Waals surface area (Å²) in [4.78, 5) is 23.3. The number of amides is 1. The zero-order valence-corrected chi connectivity index (χ0v) is 17.6. The summed E-state index contributed by atoms with van der Waals surface area (Å²) in [7, 11) is 0. The molecular formula is C21H23N5OS2. The number of nitrogens with zero attached hydrogens (tertiary/aromatic N) is 3. The minimum Gasteiger partial charge on any atom is -0.399 e. The molecule has 1 amide bonds. The number of anilines is 2. The molecule has 8 heteroatoms. The van der Waals surface area contributed by atoms with Gasteiger partial charge in [-0.05, 0) is 54.8 Å². The van der Waals surface area contributed by atoms with Gasteiger partial charge in [0.15, 0.2) is 5.13 Å². The molecule has 1 aromatic carbocycles. The van der Waals surface area contributed by atoms with Crippen molar-refractivity contribution >= 4 is 39.8 Å². The second-order valence-electron chi connectivity index (χ2n) is 6.99. The maximum absolute atomic E-state index is 12.8. The molecule has 3 heterocycles. The highest BCUT2D eigenvalue weighted by molar-refractivity contribution is 8.00. The molecule has 29 heavy (non-hydrogen) atoms. The summed E-state index contributed by atoms with van der Waals surface area (Å²) in [6.45, 7) is 1.47. The van der Waals surface area contributed by atoms with Crippen molar-refractivity contribution in [3.05, 3.63) is 66.1 Å². The number of nitrogens with two attached hydrogens (primary N) is 1. The molecule has 2 aromatic heterocycles. The van der Waals surface area contributed by atoms with Crippen molar-refractivity contribution in [1.82, 2.24) is 14.9 Å². The third-order valence-electron chi connectivity index (χ3n) is 4.81. The van der Waals surface area contributed by atoms with Crippen LogP contribution in [0.15, 0.2) is 59.2 Å². The molecule has 4 rings (SSSR count). The highest BCUT2D eigenvalue weighted by atomic mass is 32.2. The molecule has 0 unspecified atom stereocenters. The van der Waals surface area contributed by atoms with Gasteiger partial charge in [0.2, 0.25) is 0 Å². The second kappa shape index (κ2) is 9.28. The van der Waals surface area contributed by atoms with E-state index >= 15 is 0 Å². The number of nitrogens with one attached hydrogen (secondary N) is 1. The number of carbonyl (C=O) groups excluding carboxylic acids is 1. The van der Waals surface area contributed by atoms with Gasteiger partial charge in [-0.15, -0.1) is 11.8 Å². The Balaban J connectivity index is 1.32. The van der Waals surface area contributed by atoms with Crippen molar-refractivity contribution in [2.24, 2.45) is 0 Å². The summed E-state index contributed by atoms with van der Waals surface area (Å²) in [5.41, 5.74) is 8.32. The molecule has 3 N–H and O–H groups in total. The number of nitrogen functional groups attached to an aromatic ring is 1. The Morgan fingerprint density at radius 2 is 2.03 bits per heavy atom. The maximum atomic E-state index is 12.8. The topological polar surface area (TPSA) is 84.1 Å². The fourth-order valence-corrected chi connectivity index (χ4v) is 5.19. The van der Waals surface area contributed by atoms with Gasteiger partial charge in [-0.2, -0.15) is 0 Å². The molecule has 0 spiro atoms. The smallest absolute Gasteiger partial charge is 0.253 e. The predicted molar refractivity (Wildman–Crippen MR) is 119 cm³/mol. The highest BCUT2D eigenvalue weighted by Gasteiger charge is 2.25. The van der Waals surface area contributed by atoms with Crippen LogP contribution in [0.1, 0.15) is 28.8 Å². The predicted octanol–water partition coefficient (Wildman–Crippen LogP) is 4.13. The van der Waals surface area contributed by atoms with Gasteiger partial charge in [-0.1, -0.05) is 11.3 Å². The lowest BCUT2D eigenvalue weighted by Gasteiger charge is -2.33. The van der Waals surface area contributed by atoms with E-state index in [-0.39, 0.29) is 11.9 Å². The van der Waals surface area contributed by atoms with E-state index in [0.29, 0.717) is 17.8 Å². The Labute approximate surface area is 178 Å². The number of rotatable bonds is 6. The van der Waals surface area contributed by atoms with Crippen LogP contribution in [-0.2, 0) is 5.75 Å². The molecule has 6 nitrogen and oxygen atoms in total. The standard InChI is InChI=1S/C21H23N5OS2/c22-17-5-3-16(4-6-17)20(27)26-11-1-2-18(13-26)25-21-24-12-19(29-21)28-14-15-7-9-23-10-8-15/h3-10,12,18H,1-2,11,13-14,22H2,(H,24,25)/t18-/m1/s1. The van der Waals surface area contributed by atoms with Gasteiger partial charge in [0.25, 0.3) is 5.91 Å². The van der Waals surface area contributed by atoms with Gasteiger partial charge >= 0.3 is 0 Å². The first kappa shape index (κ1) is 19.7. The van der Waals surface area contributed by atoms with Crippen molar-refractivity contribution < 1.29 is 4.79 Å². The van der Waals surface area contributed by atoms with Crippen LogP contribution in [0.25, 0.3) is 0 Å². The first-order chi connectivity index (χ1) is 14.2. The Hall–Kier alpha value is -2.58. The Kier molecular flexibility index (Phi) is 6.31. The van der Waals surface area contributed by atoms with Gasteiger partial charge in [0.05, 0.1) is 10.4 Å². The summed E-state index contributed by atoms with van der Waals surface area (Å²) in [6.07, 6.45) is 7.56. The lowest BCUT2D eigenvalue weighted by atomic mass is 10.0. The zero-order valence-electron chi connectivity index (χ0n) is 16.0. The fraction of sp³-hybridized carbons (Fsp3) is 0.286. The molecule has 1 aliphatic heterocycles. The van der Waals surface area contributed by atoms with Gasteiger partial charge in [-0.25, -0.2) is 4.98 Å². The quantitative estimate of drug-likeness (QED) is 0.456. The van der Waals surface area contributed by atoms with Crippen LogP contribution in [0.2, 0.25) is 0 Å². The van der Waals surface area contributed by atoms with Crippen molar-refractivity contribution in [1.29, 1.82) is 0 Å². The molecule has 0 radical (unpaired) electrons. The molecule has 150 valence electrons. The normalized spacial score (nSPS) is 16.6. The number of hydrogen-bond acceptors (Lipinski definition) is 7. The first-order valence-corrected chi connectivity index (χ1v) is 11.4. The van der Waals surface area contributed by atoms with E-state index in [1.165, 1.54) is 9.77 Å². The van der Waals surface area contributed by atoms with Crippen LogP contribution in [0.4, 0.5) is 10.8 Å². The summed E-state index contributed by atoms with van der Waals surface area (Å²) < 4.78 is 1.18. The number of aromatic nitrogens is 2. The number of thioether (sulfide) groups is 1. The molecule has 0 bridgehead atoms.